The van der Waals surface area contributed by atoms with Crippen LogP contribution in [0.1, 0.15) is 81.1 Å². The van der Waals surface area contributed by atoms with Crippen molar-refractivity contribution >= 4 is 11.6 Å². The van der Waals surface area contributed by atoms with E-state index in [1.54, 1.807) is 12.1 Å². The van der Waals surface area contributed by atoms with Crippen molar-refractivity contribution in [2.75, 3.05) is 6.61 Å². The second-order valence-corrected chi connectivity index (χ2v) is 7.35. The van der Waals surface area contributed by atoms with Crippen LogP contribution in [-0.2, 0) is 0 Å². The topological polar surface area (TPSA) is 50.7 Å². The number of benzene rings is 2. The SMILES string of the molecule is CCCCCCCCCCOc1ccc(C(=O)N/N=C(\C)c2ccccc2)cc1. The second-order valence-electron chi connectivity index (χ2n) is 7.35. The Kier molecular flexibility index (Phi) is 10.6. The molecule has 0 heterocycles. The summed E-state index contributed by atoms with van der Waals surface area (Å²) in [7, 11) is 0. The quantitative estimate of drug-likeness (QED) is 0.244. The van der Waals surface area contributed by atoms with E-state index in [4.69, 9.17) is 4.74 Å². The minimum absolute atomic E-state index is 0.227. The Balaban J connectivity index is 1.66. The lowest BCUT2D eigenvalue weighted by molar-refractivity contribution is 0.0955. The highest BCUT2D eigenvalue weighted by molar-refractivity contribution is 6.00. The van der Waals surface area contributed by atoms with Crippen molar-refractivity contribution in [3.8, 4) is 5.75 Å². The molecule has 29 heavy (non-hydrogen) atoms. The average molecular weight is 395 g/mol. The summed E-state index contributed by atoms with van der Waals surface area (Å²) in [6.45, 7) is 4.84. The Bertz CT molecular complexity index is 739. The minimum atomic E-state index is -0.227. The molecule has 1 amide bonds. The highest BCUT2D eigenvalue weighted by atomic mass is 16.5. The van der Waals surface area contributed by atoms with Crippen molar-refractivity contribution in [3.63, 3.8) is 0 Å². The first-order chi connectivity index (χ1) is 14.2. The van der Waals surface area contributed by atoms with E-state index in [0.717, 1.165) is 30.1 Å². The van der Waals surface area contributed by atoms with E-state index in [2.05, 4.69) is 17.5 Å². The van der Waals surface area contributed by atoms with Crippen molar-refractivity contribution in [2.45, 2.75) is 65.2 Å². The van der Waals surface area contributed by atoms with Crippen molar-refractivity contribution < 1.29 is 9.53 Å². The molecular weight excluding hydrogens is 360 g/mol. The molecular formula is C25H34N2O2. The lowest BCUT2D eigenvalue weighted by atomic mass is 10.1. The van der Waals surface area contributed by atoms with E-state index in [1.165, 1.54) is 44.9 Å². The van der Waals surface area contributed by atoms with Gasteiger partial charge in [0.2, 0.25) is 0 Å². The third-order valence-electron chi connectivity index (χ3n) is 4.90. The van der Waals surface area contributed by atoms with E-state index >= 15 is 0 Å². The number of carbonyl (C=O) groups excluding carboxylic acids is 1. The summed E-state index contributed by atoms with van der Waals surface area (Å²) in [5, 5.41) is 4.18. The van der Waals surface area contributed by atoms with Gasteiger partial charge in [0.15, 0.2) is 0 Å². The number of unbranched alkanes of at least 4 members (excludes halogenated alkanes) is 7. The Morgan fingerprint density at radius 3 is 2.10 bits per heavy atom. The fourth-order valence-electron chi connectivity index (χ4n) is 3.07. The van der Waals surface area contributed by atoms with Gasteiger partial charge >= 0.3 is 0 Å². The summed E-state index contributed by atoms with van der Waals surface area (Å²) >= 11 is 0. The molecule has 0 fully saturated rings. The minimum Gasteiger partial charge on any atom is -0.494 e. The lowest BCUT2D eigenvalue weighted by Gasteiger charge is -2.07. The summed E-state index contributed by atoms with van der Waals surface area (Å²) in [6.07, 6.45) is 10.3. The van der Waals surface area contributed by atoms with Gasteiger partial charge in [-0.2, -0.15) is 5.10 Å². The van der Waals surface area contributed by atoms with Crippen LogP contribution in [0.4, 0.5) is 0 Å². The van der Waals surface area contributed by atoms with Crippen molar-refractivity contribution in [2.24, 2.45) is 5.10 Å². The number of carbonyl (C=O) groups is 1. The second kappa shape index (κ2) is 13.5. The summed E-state index contributed by atoms with van der Waals surface area (Å²) in [5.41, 5.74) is 4.92. The van der Waals surface area contributed by atoms with Crippen molar-refractivity contribution in [3.05, 3.63) is 65.7 Å². The van der Waals surface area contributed by atoms with Gasteiger partial charge in [-0.25, -0.2) is 5.43 Å². The molecule has 2 rings (SSSR count). The van der Waals surface area contributed by atoms with Crippen LogP contribution in [-0.4, -0.2) is 18.2 Å². The molecule has 2 aromatic rings. The molecule has 4 nitrogen and oxygen atoms in total. The summed E-state index contributed by atoms with van der Waals surface area (Å²) in [5.74, 6) is 0.573. The first-order valence-corrected chi connectivity index (χ1v) is 10.8. The van der Waals surface area contributed by atoms with Crippen LogP contribution in [0.25, 0.3) is 0 Å². The maximum Gasteiger partial charge on any atom is 0.271 e. The molecule has 1 N–H and O–H groups in total. The van der Waals surface area contributed by atoms with Crippen LogP contribution in [0, 0.1) is 0 Å². The monoisotopic (exact) mass is 394 g/mol. The van der Waals surface area contributed by atoms with Gasteiger partial charge in [0, 0.05) is 5.56 Å². The van der Waals surface area contributed by atoms with Crippen LogP contribution in [0.15, 0.2) is 59.7 Å². The molecule has 2 aromatic carbocycles. The fraction of sp³-hybridized carbons (Fsp3) is 0.440. The van der Waals surface area contributed by atoms with E-state index in [-0.39, 0.29) is 5.91 Å². The van der Waals surface area contributed by atoms with Crippen LogP contribution >= 0.6 is 0 Å². The largest absolute Gasteiger partial charge is 0.494 e. The number of nitrogens with zero attached hydrogens (tertiary/aromatic N) is 1. The maximum atomic E-state index is 12.3. The molecule has 0 unspecified atom stereocenters. The van der Waals surface area contributed by atoms with E-state index < -0.39 is 0 Å². The number of rotatable bonds is 13. The predicted molar refractivity (Wildman–Crippen MR) is 121 cm³/mol. The molecule has 0 aliphatic heterocycles. The summed E-state index contributed by atoms with van der Waals surface area (Å²) in [6, 6.07) is 17.0. The van der Waals surface area contributed by atoms with E-state index in [1.807, 2.05) is 49.4 Å². The highest BCUT2D eigenvalue weighted by Crippen LogP contribution is 2.14. The Hall–Kier alpha value is -2.62. The summed E-state index contributed by atoms with van der Waals surface area (Å²) in [4.78, 5) is 12.3. The predicted octanol–water partition coefficient (Wildman–Crippen LogP) is 6.36. The normalized spacial score (nSPS) is 11.3. The third-order valence-corrected chi connectivity index (χ3v) is 4.90. The number of hydrogen-bond acceptors (Lipinski definition) is 3. The Morgan fingerprint density at radius 1 is 0.828 bits per heavy atom. The average Bonchev–Trinajstić information content (AvgIpc) is 2.77. The Labute approximate surface area is 175 Å². The molecule has 0 saturated heterocycles. The zero-order valence-corrected chi connectivity index (χ0v) is 17.8. The Morgan fingerprint density at radius 2 is 1.45 bits per heavy atom. The van der Waals surface area contributed by atoms with Gasteiger partial charge < -0.3 is 4.74 Å². The first-order valence-electron chi connectivity index (χ1n) is 10.8. The number of hydrazone groups is 1. The van der Waals surface area contributed by atoms with Crippen LogP contribution in [0.2, 0.25) is 0 Å². The van der Waals surface area contributed by atoms with Crippen molar-refractivity contribution in [1.29, 1.82) is 0 Å². The zero-order valence-electron chi connectivity index (χ0n) is 17.8. The molecule has 0 radical (unpaired) electrons. The van der Waals surface area contributed by atoms with Crippen LogP contribution in [0.5, 0.6) is 5.75 Å². The number of hydrogen-bond donors (Lipinski definition) is 1. The van der Waals surface area contributed by atoms with Gasteiger partial charge in [-0.05, 0) is 43.2 Å². The van der Waals surface area contributed by atoms with Crippen LogP contribution < -0.4 is 10.2 Å². The van der Waals surface area contributed by atoms with Gasteiger partial charge in [0.25, 0.3) is 5.91 Å². The molecule has 0 spiro atoms. The number of amides is 1. The maximum absolute atomic E-state index is 12.3. The number of nitrogens with one attached hydrogen (secondary N) is 1. The molecule has 0 aromatic heterocycles. The van der Waals surface area contributed by atoms with Gasteiger partial charge in [-0.1, -0.05) is 82.2 Å². The zero-order chi connectivity index (χ0) is 20.7. The van der Waals surface area contributed by atoms with E-state index in [9.17, 15) is 4.79 Å². The fourth-order valence-corrected chi connectivity index (χ4v) is 3.07. The van der Waals surface area contributed by atoms with E-state index in [0.29, 0.717) is 5.56 Å². The third kappa shape index (κ3) is 8.95. The molecule has 0 aliphatic rings. The van der Waals surface area contributed by atoms with Gasteiger partial charge in [-0.15, -0.1) is 0 Å². The highest BCUT2D eigenvalue weighted by Gasteiger charge is 2.05. The lowest BCUT2D eigenvalue weighted by Crippen LogP contribution is -2.19. The van der Waals surface area contributed by atoms with Crippen molar-refractivity contribution in [1.82, 2.24) is 5.43 Å². The smallest absolute Gasteiger partial charge is 0.271 e. The van der Waals surface area contributed by atoms with Gasteiger partial charge in [-0.3, -0.25) is 4.79 Å². The summed E-state index contributed by atoms with van der Waals surface area (Å²) < 4.78 is 5.78. The van der Waals surface area contributed by atoms with Gasteiger partial charge in [0.05, 0.1) is 12.3 Å². The first kappa shape index (κ1) is 22.7. The molecule has 156 valence electrons. The number of ether oxygens (including phenoxy) is 1. The molecule has 0 bridgehead atoms. The molecule has 0 aliphatic carbocycles. The molecule has 0 saturated carbocycles. The molecule has 4 heteroatoms. The van der Waals surface area contributed by atoms with Gasteiger partial charge in [0.1, 0.15) is 5.75 Å². The van der Waals surface area contributed by atoms with Crippen LogP contribution in [0.3, 0.4) is 0 Å². The standard InChI is InChI=1S/C25H34N2O2/c1-3-4-5-6-7-8-9-13-20-29-24-18-16-23(17-19-24)25(28)27-26-21(2)22-14-11-10-12-15-22/h10-12,14-19H,3-9,13,20H2,1-2H3,(H,27,28)/b26-21+. The molecule has 0 atom stereocenters.